The fourth-order valence-corrected chi connectivity index (χ4v) is 4.40. The van der Waals surface area contributed by atoms with Gasteiger partial charge in [0, 0.05) is 31.4 Å². The number of aryl methyl sites for hydroxylation is 2. The summed E-state index contributed by atoms with van der Waals surface area (Å²) >= 11 is 0. The van der Waals surface area contributed by atoms with Crippen LogP contribution in [0.5, 0.6) is 0 Å². The number of nitrogens with one attached hydrogen (secondary N) is 1. The van der Waals surface area contributed by atoms with Gasteiger partial charge < -0.3 is 9.13 Å². The lowest BCUT2D eigenvalue weighted by Gasteiger charge is -2.11. The van der Waals surface area contributed by atoms with Gasteiger partial charge in [0.2, 0.25) is 5.62 Å². The van der Waals surface area contributed by atoms with Gasteiger partial charge in [0.25, 0.3) is 0 Å². The van der Waals surface area contributed by atoms with Crippen LogP contribution in [0.3, 0.4) is 0 Å². The minimum Gasteiger partial charge on any atom is -0.333 e. The molecule has 0 fully saturated rings. The summed E-state index contributed by atoms with van der Waals surface area (Å²) in [5, 5.41) is 8.56. The van der Waals surface area contributed by atoms with Crippen LogP contribution in [-0.4, -0.2) is 34.8 Å². The lowest BCUT2D eigenvalue weighted by Crippen LogP contribution is -2.23. The fraction of sp³-hybridized carbons (Fsp3) is 0.231. The van der Waals surface area contributed by atoms with Gasteiger partial charge in [-0.05, 0) is 11.1 Å². The van der Waals surface area contributed by atoms with Gasteiger partial charge in [-0.3, -0.25) is 9.98 Å². The number of rotatable bonds is 5. The normalized spacial score (nSPS) is 12.4. The molecule has 39 heavy (non-hydrogen) atoms. The van der Waals surface area contributed by atoms with Crippen LogP contribution in [0.1, 0.15) is 16.8 Å². The molecule has 0 aliphatic carbocycles. The van der Waals surface area contributed by atoms with Crippen molar-refractivity contribution in [3.63, 3.8) is 0 Å². The second kappa shape index (κ2) is 9.40. The van der Waals surface area contributed by atoms with Crippen LogP contribution >= 0.6 is 0 Å². The highest BCUT2D eigenvalue weighted by molar-refractivity contribution is 5.74. The van der Waals surface area contributed by atoms with E-state index in [1.165, 1.54) is 36.0 Å². The number of imidazole rings is 2. The van der Waals surface area contributed by atoms with E-state index in [0.29, 0.717) is 16.7 Å². The molecule has 0 aliphatic rings. The van der Waals surface area contributed by atoms with Crippen LogP contribution in [0.25, 0.3) is 33.9 Å². The molecule has 0 amide bonds. The zero-order valence-electron chi connectivity index (χ0n) is 20.6. The predicted octanol–water partition coefficient (Wildman–Crippen LogP) is 5.49. The van der Waals surface area contributed by atoms with E-state index >= 15 is 0 Å². The van der Waals surface area contributed by atoms with Crippen LogP contribution in [-0.2, 0) is 33.2 Å². The van der Waals surface area contributed by atoms with Crippen LogP contribution < -0.4 is 5.62 Å². The van der Waals surface area contributed by atoms with Gasteiger partial charge in [-0.1, -0.05) is 48.5 Å². The van der Waals surface area contributed by atoms with E-state index in [1.54, 1.807) is 46.5 Å². The van der Waals surface area contributed by atoms with Crippen molar-refractivity contribution in [2.45, 2.75) is 25.3 Å². The fourth-order valence-electron chi connectivity index (χ4n) is 4.40. The molecule has 0 atom stereocenters. The largest absolute Gasteiger partial charge is 0.434 e. The van der Waals surface area contributed by atoms with Gasteiger partial charge >= 0.3 is 12.4 Å². The first-order chi connectivity index (χ1) is 18.3. The third-order valence-corrected chi connectivity index (χ3v) is 6.31. The average Bonchev–Trinajstić information content (AvgIpc) is 3.37. The van der Waals surface area contributed by atoms with Crippen LogP contribution in [0, 0.1) is 5.41 Å². The average molecular weight is 545 g/mol. The molecular formula is C26H21F6N7. The van der Waals surface area contributed by atoms with Crippen molar-refractivity contribution in [1.82, 2.24) is 28.7 Å². The molecule has 2 aromatic carbocycles. The van der Waals surface area contributed by atoms with Gasteiger partial charge in [-0.15, -0.1) is 0 Å². The third kappa shape index (κ3) is 5.16. The van der Waals surface area contributed by atoms with Gasteiger partial charge in [-0.25, -0.2) is 15.0 Å². The minimum atomic E-state index is -4.56. The summed E-state index contributed by atoms with van der Waals surface area (Å²) < 4.78 is 83.0. The maximum absolute atomic E-state index is 13.1. The van der Waals surface area contributed by atoms with Crippen molar-refractivity contribution < 1.29 is 26.3 Å². The highest BCUT2D eigenvalue weighted by Crippen LogP contribution is 2.31. The van der Waals surface area contributed by atoms with Gasteiger partial charge in [0.05, 0.1) is 19.2 Å². The topological polar surface area (TPSA) is 77.3 Å². The van der Waals surface area contributed by atoms with Crippen LogP contribution in [0.2, 0.25) is 0 Å². The smallest absolute Gasteiger partial charge is 0.333 e. The Morgan fingerprint density at radius 1 is 0.897 bits per heavy atom. The number of fused-ring (bicyclic) bond motifs is 1. The van der Waals surface area contributed by atoms with Crippen LogP contribution in [0.15, 0.2) is 60.9 Å². The maximum atomic E-state index is 13.1. The molecule has 5 rings (SSSR count). The zero-order valence-corrected chi connectivity index (χ0v) is 20.6. The zero-order chi connectivity index (χ0) is 28.1. The number of halogens is 6. The van der Waals surface area contributed by atoms with E-state index in [0.717, 1.165) is 11.8 Å². The SMILES string of the molecule is Cn1cc(C(F)(F)F)nc1-c1ccc(Cn2c(=N)n(C)c3cnc(-c4ccccc4CC(F)(F)F)nc32)cc1. The molecule has 0 unspecified atom stereocenters. The standard InChI is InChI=1S/C26H21F6N7/c1-37-14-20(26(30,31)32)35-22(37)16-9-7-15(8-10-16)13-39-23-19(38(2)24(39)33)12-34-21(36-23)18-6-4-3-5-17(18)11-25(27,28)29/h3-10,12,14,33H,11,13H2,1-2H3. The highest BCUT2D eigenvalue weighted by Gasteiger charge is 2.34. The Morgan fingerprint density at radius 3 is 2.23 bits per heavy atom. The first kappa shape index (κ1) is 26.2. The number of aromatic nitrogens is 6. The molecule has 0 bridgehead atoms. The number of hydrogen-bond donors (Lipinski definition) is 1. The summed E-state index contributed by atoms with van der Waals surface area (Å²) in [4.78, 5) is 12.5. The summed E-state index contributed by atoms with van der Waals surface area (Å²) in [6.45, 7) is 0.186. The molecule has 5 aromatic rings. The summed E-state index contributed by atoms with van der Waals surface area (Å²) in [5.41, 5.74) is 1.47. The molecule has 13 heteroatoms. The van der Waals surface area contributed by atoms with E-state index < -0.39 is 24.5 Å². The Balaban J connectivity index is 1.50. The molecule has 0 radical (unpaired) electrons. The highest BCUT2D eigenvalue weighted by atomic mass is 19.4. The van der Waals surface area contributed by atoms with E-state index in [1.807, 2.05) is 0 Å². The molecule has 202 valence electrons. The molecule has 3 heterocycles. The molecule has 7 nitrogen and oxygen atoms in total. The molecule has 1 N–H and O–H groups in total. The summed E-state index contributed by atoms with van der Waals surface area (Å²) in [6, 6.07) is 12.7. The van der Waals surface area contributed by atoms with E-state index in [4.69, 9.17) is 5.41 Å². The van der Waals surface area contributed by atoms with Crippen molar-refractivity contribution in [2.24, 2.45) is 14.1 Å². The van der Waals surface area contributed by atoms with Crippen molar-refractivity contribution in [3.8, 4) is 22.8 Å². The molecule has 0 saturated carbocycles. The van der Waals surface area contributed by atoms with Gasteiger partial charge in [-0.2, -0.15) is 26.3 Å². The summed E-state index contributed by atoms with van der Waals surface area (Å²) in [5.74, 6) is 0.259. The molecule has 0 spiro atoms. The Kier molecular flexibility index (Phi) is 6.31. The Morgan fingerprint density at radius 2 is 1.59 bits per heavy atom. The molecule has 3 aromatic heterocycles. The Labute approximate surface area is 217 Å². The maximum Gasteiger partial charge on any atom is 0.434 e. The quantitative estimate of drug-likeness (QED) is 0.297. The number of alkyl halides is 6. The van der Waals surface area contributed by atoms with Gasteiger partial charge in [0.1, 0.15) is 11.3 Å². The Hall–Kier alpha value is -4.42. The first-order valence-corrected chi connectivity index (χ1v) is 11.6. The lowest BCUT2D eigenvalue weighted by atomic mass is 10.0. The van der Waals surface area contributed by atoms with E-state index in [9.17, 15) is 26.3 Å². The van der Waals surface area contributed by atoms with Crippen molar-refractivity contribution in [3.05, 3.63) is 83.4 Å². The van der Waals surface area contributed by atoms with Crippen molar-refractivity contribution in [2.75, 3.05) is 0 Å². The van der Waals surface area contributed by atoms with E-state index in [2.05, 4.69) is 15.0 Å². The number of benzene rings is 2. The molecule has 0 saturated heterocycles. The van der Waals surface area contributed by atoms with Crippen molar-refractivity contribution >= 4 is 11.2 Å². The van der Waals surface area contributed by atoms with Gasteiger partial charge in [0.15, 0.2) is 17.2 Å². The van der Waals surface area contributed by atoms with Crippen molar-refractivity contribution in [1.29, 1.82) is 5.41 Å². The summed E-state index contributed by atoms with van der Waals surface area (Å²) in [6.07, 6.45) is -7.70. The monoisotopic (exact) mass is 545 g/mol. The second-order valence-electron chi connectivity index (χ2n) is 9.08. The number of hydrogen-bond acceptors (Lipinski definition) is 4. The molecular weight excluding hydrogens is 524 g/mol. The van der Waals surface area contributed by atoms with E-state index in [-0.39, 0.29) is 34.9 Å². The second-order valence-corrected chi connectivity index (χ2v) is 9.08. The lowest BCUT2D eigenvalue weighted by molar-refractivity contribution is -0.141. The third-order valence-electron chi connectivity index (χ3n) is 6.31. The predicted molar refractivity (Wildman–Crippen MR) is 130 cm³/mol. The first-order valence-electron chi connectivity index (χ1n) is 11.6. The number of nitrogens with zero attached hydrogens (tertiary/aromatic N) is 6. The van der Waals surface area contributed by atoms with Crippen LogP contribution in [0.4, 0.5) is 26.3 Å². The molecule has 0 aliphatic heterocycles. The Bertz CT molecular complexity index is 1720. The summed E-state index contributed by atoms with van der Waals surface area (Å²) in [7, 11) is 3.14. The minimum absolute atomic E-state index is 0.0384.